The van der Waals surface area contributed by atoms with Gasteiger partial charge < -0.3 is 5.32 Å². The lowest BCUT2D eigenvalue weighted by Crippen LogP contribution is -2.24. The van der Waals surface area contributed by atoms with Crippen LogP contribution < -0.4 is 5.32 Å². The summed E-state index contributed by atoms with van der Waals surface area (Å²) in [6.45, 7) is 11.6. The van der Waals surface area contributed by atoms with Crippen LogP contribution in [-0.2, 0) is 0 Å². The van der Waals surface area contributed by atoms with E-state index in [1.54, 1.807) is 0 Å². The van der Waals surface area contributed by atoms with E-state index in [9.17, 15) is 0 Å². The molecule has 18 heavy (non-hydrogen) atoms. The lowest BCUT2D eigenvalue weighted by atomic mass is 9.90. The van der Waals surface area contributed by atoms with Crippen molar-refractivity contribution in [1.82, 2.24) is 5.32 Å². The van der Waals surface area contributed by atoms with Gasteiger partial charge in [-0.25, -0.2) is 0 Å². The zero-order chi connectivity index (χ0) is 13.6. The molecule has 1 nitrogen and oxygen atoms in total. The van der Waals surface area contributed by atoms with Gasteiger partial charge in [-0.3, -0.25) is 0 Å². The Morgan fingerprint density at radius 3 is 1.83 bits per heavy atom. The molecule has 0 aromatic carbocycles. The van der Waals surface area contributed by atoms with Crippen molar-refractivity contribution in [1.29, 1.82) is 0 Å². The minimum absolute atomic E-state index is 0.828. The van der Waals surface area contributed by atoms with Crippen LogP contribution in [0.2, 0.25) is 0 Å². The maximum absolute atomic E-state index is 3.46. The predicted octanol–water partition coefficient (Wildman–Crippen LogP) is 5.40. The first kappa shape index (κ1) is 18.0. The highest BCUT2D eigenvalue weighted by atomic mass is 14.8. The Labute approximate surface area is 116 Å². The Bertz CT molecular complexity index is 156. The first-order valence-electron chi connectivity index (χ1n) is 8.43. The molecule has 2 unspecified atom stereocenters. The largest absolute Gasteiger partial charge is 0.317 e. The standard InChI is InChI=1S/C17H37N/c1-5-7-8-9-10-11-12-13-14-16(3)17(4)15-18-6-2/h16-18H,5-15H2,1-4H3. The lowest BCUT2D eigenvalue weighted by molar-refractivity contribution is 0.338. The maximum atomic E-state index is 3.46. The fourth-order valence-electron chi connectivity index (χ4n) is 2.46. The molecule has 0 amide bonds. The van der Waals surface area contributed by atoms with Crippen LogP contribution in [0.1, 0.15) is 85.5 Å². The van der Waals surface area contributed by atoms with Gasteiger partial charge in [0.2, 0.25) is 0 Å². The molecule has 0 saturated heterocycles. The zero-order valence-corrected chi connectivity index (χ0v) is 13.4. The molecular weight excluding hydrogens is 218 g/mol. The number of hydrogen-bond acceptors (Lipinski definition) is 1. The molecule has 0 fully saturated rings. The fourth-order valence-corrected chi connectivity index (χ4v) is 2.46. The van der Waals surface area contributed by atoms with Gasteiger partial charge in [0.25, 0.3) is 0 Å². The van der Waals surface area contributed by atoms with E-state index in [0.29, 0.717) is 0 Å². The molecular formula is C17H37N. The quantitative estimate of drug-likeness (QED) is 0.435. The number of unbranched alkanes of at least 4 members (excludes halogenated alkanes) is 7. The Morgan fingerprint density at radius 2 is 1.28 bits per heavy atom. The molecule has 0 aliphatic rings. The average Bonchev–Trinajstić information content (AvgIpc) is 2.38. The minimum atomic E-state index is 0.828. The number of rotatable bonds is 13. The third-order valence-electron chi connectivity index (χ3n) is 4.20. The van der Waals surface area contributed by atoms with Gasteiger partial charge in [0.1, 0.15) is 0 Å². The molecule has 0 bridgehead atoms. The van der Waals surface area contributed by atoms with Gasteiger partial charge in [-0.1, -0.05) is 85.5 Å². The van der Waals surface area contributed by atoms with Crippen LogP contribution in [0, 0.1) is 11.8 Å². The van der Waals surface area contributed by atoms with Crippen LogP contribution in [0.15, 0.2) is 0 Å². The zero-order valence-electron chi connectivity index (χ0n) is 13.4. The molecule has 0 rings (SSSR count). The van der Waals surface area contributed by atoms with Crippen molar-refractivity contribution in [2.45, 2.75) is 85.5 Å². The van der Waals surface area contributed by atoms with Crippen LogP contribution in [0.3, 0.4) is 0 Å². The molecule has 1 heteroatoms. The van der Waals surface area contributed by atoms with E-state index in [1.165, 1.54) is 64.3 Å². The second kappa shape index (κ2) is 13.4. The normalized spacial score (nSPS) is 14.7. The molecule has 2 atom stereocenters. The first-order chi connectivity index (χ1) is 8.72. The van der Waals surface area contributed by atoms with Crippen molar-refractivity contribution < 1.29 is 0 Å². The van der Waals surface area contributed by atoms with E-state index in [-0.39, 0.29) is 0 Å². The summed E-state index contributed by atoms with van der Waals surface area (Å²) < 4.78 is 0. The summed E-state index contributed by atoms with van der Waals surface area (Å²) in [5, 5.41) is 3.46. The molecule has 1 N–H and O–H groups in total. The second-order valence-corrected chi connectivity index (χ2v) is 6.03. The Kier molecular flexibility index (Phi) is 13.4. The molecule has 0 saturated carbocycles. The first-order valence-corrected chi connectivity index (χ1v) is 8.43. The summed E-state index contributed by atoms with van der Waals surface area (Å²) in [7, 11) is 0. The van der Waals surface area contributed by atoms with E-state index >= 15 is 0 Å². The van der Waals surface area contributed by atoms with E-state index in [1.807, 2.05) is 0 Å². The van der Waals surface area contributed by atoms with Crippen LogP contribution in [0.25, 0.3) is 0 Å². The molecule has 0 aromatic rings. The average molecular weight is 255 g/mol. The molecule has 0 aliphatic heterocycles. The summed E-state index contributed by atoms with van der Waals surface area (Å²) in [5.41, 5.74) is 0. The Balaban J connectivity index is 3.26. The maximum Gasteiger partial charge on any atom is -0.00207 e. The van der Waals surface area contributed by atoms with Crippen molar-refractivity contribution in [3.05, 3.63) is 0 Å². The van der Waals surface area contributed by atoms with Gasteiger partial charge in [-0.15, -0.1) is 0 Å². The summed E-state index contributed by atoms with van der Waals surface area (Å²) in [6.07, 6.45) is 12.9. The Morgan fingerprint density at radius 1 is 0.722 bits per heavy atom. The molecule has 0 spiro atoms. The van der Waals surface area contributed by atoms with E-state index in [2.05, 4.69) is 33.0 Å². The molecule has 0 heterocycles. The topological polar surface area (TPSA) is 12.0 Å². The lowest BCUT2D eigenvalue weighted by Gasteiger charge is -2.20. The molecule has 0 aliphatic carbocycles. The van der Waals surface area contributed by atoms with Crippen LogP contribution in [-0.4, -0.2) is 13.1 Å². The third-order valence-corrected chi connectivity index (χ3v) is 4.20. The highest BCUT2D eigenvalue weighted by Gasteiger charge is 2.10. The van der Waals surface area contributed by atoms with Crippen molar-refractivity contribution in [3.8, 4) is 0 Å². The highest BCUT2D eigenvalue weighted by Crippen LogP contribution is 2.18. The summed E-state index contributed by atoms with van der Waals surface area (Å²) in [4.78, 5) is 0. The SMILES string of the molecule is CCCCCCCCCCC(C)C(C)CNCC. The van der Waals surface area contributed by atoms with Gasteiger partial charge in [0.05, 0.1) is 0 Å². The summed E-state index contributed by atoms with van der Waals surface area (Å²) in [6, 6.07) is 0. The predicted molar refractivity (Wildman–Crippen MR) is 84.1 cm³/mol. The number of nitrogens with one attached hydrogen (secondary N) is 1. The van der Waals surface area contributed by atoms with Crippen LogP contribution in [0.4, 0.5) is 0 Å². The smallest absolute Gasteiger partial charge is 0.00207 e. The van der Waals surface area contributed by atoms with Gasteiger partial charge in [-0.2, -0.15) is 0 Å². The van der Waals surface area contributed by atoms with Gasteiger partial charge in [0.15, 0.2) is 0 Å². The van der Waals surface area contributed by atoms with E-state index in [0.717, 1.165) is 18.4 Å². The van der Waals surface area contributed by atoms with Crippen LogP contribution >= 0.6 is 0 Å². The van der Waals surface area contributed by atoms with E-state index < -0.39 is 0 Å². The van der Waals surface area contributed by atoms with Gasteiger partial charge >= 0.3 is 0 Å². The van der Waals surface area contributed by atoms with Gasteiger partial charge in [-0.05, 0) is 24.9 Å². The summed E-state index contributed by atoms with van der Waals surface area (Å²) >= 11 is 0. The summed E-state index contributed by atoms with van der Waals surface area (Å²) in [5.74, 6) is 1.71. The molecule has 0 aromatic heterocycles. The third kappa shape index (κ3) is 11.1. The van der Waals surface area contributed by atoms with Crippen molar-refractivity contribution >= 4 is 0 Å². The second-order valence-electron chi connectivity index (χ2n) is 6.03. The van der Waals surface area contributed by atoms with Crippen molar-refractivity contribution in [2.75, 3.05) is 13.1 Å². The molecule has 0 radical (unpaired) electrons. The number of hydrogen-bond donors (Lipinski definition) is 1. The van der Waals surface area contributed by atoms with Crippen LogP contribution in [0.5, 0.6) is 0 Å². The van der Waals surface area contributed by atoms with Crippen molar-refractivity contribution in [3.63, 3.8) is 0 Å². The Hall–Kier alpha value is -0.0400. The monoisotopic (exact) mass is 255 g/mol. The van der Waals surface area contributed by atoms with E-state index in [4.69, 9.17) is 0 Å². The highest BCUT2D eigenvalue weighted by molar-refractivity contribution is 4.64. The van der Waals surface area contributed by atoms with Gasteiger partial charge in [0, 0.05) is 0 Å². The molecule has 110 valence electrons. The fraction of sp³-hybridized carbons (Fsp3) is 1.00. The van der Waals surface area contributed by atoms with Crippen molar-refractivity contribution in [2.24, 2.45) is 11.8 Å². The minimum Gasteiger partial charge on any atom is -0.317 e.